The van der Waals surface area contributed by atoms with Gasteiger partial charge in [-0.05, 0) is 56.4 Å². The van der Waals surface area contributed by atoms with Gasteiger partial charge in [-0.3, -0.25) is 9.59 Å². The summed E-state index contributed by atoms with van der Waals surface area (Å²) in [5, 5.41) is 12.2. The first-order valence-corrected chi connectivity index (χ1v) is 11.3. The van der Waals surface area contributed by atoms with Gasteiger partial charge in [0.15, 0.2) is 0 Å². The average molecular weight is 465 g/mol. The van der Waals surface area contributed by atoms with Crippen LogP contribution in [0.2, 0.25) is 0 Å². The van der Waals surface area contributed by atoms with Crippen molar-refractivity contribution in [3.63, 3.8) is 0 Å². The Labute approximate surface area is 198 Å². The minimum absolute atomic E-state index is 0.0698. The highest BCUT2D eigenvalue weighted by molar-refractivity contribution is 5.95. The van der Waals surface area contributed by atoms with Crippen LogP contribution in [0.5, 0.6) is 11.6 Å². The second kappa shape index (κ2) is 10.1. The van der Waals surface area contributed by atoms with Crippen molar-refractivity contribution in [1.29, 1.82) is 5.26 Å². The molecule has 1 aliphatic heterocycles. The molecule has 0 bridgehead atoms. The third-order valence-electron chi connectivity index (χ3n) is 6.29. The number of pyridine rings is 1. The van der Waals surface area contributed by atoms with Crippen molar-refractivity contribution in [2.45, 2.75) is 51.4 Å². The number of methoxy groups -OCH3 is 1. The Kier molecular flexibility index (Phi) is 6.98. The molecule has 9 nitrogen and oxygen atoms in total. The molecular formula is C25H28N4O5. The summed E-state index contributed by atoms with van der Waals surface area (Å²) in [6, 6.07) is 8.64. The van der Waals surface area contributed by atoms with Gasteiger partial charge in [0.2, 0.25) is 5.88 Å². The van der Waals surface area contributed by atoms with Gasteiger partial charge in [0.25, 0.3) is 11.8 Å². The predicted molar refractivity (Wildman–Crippen MR) is 123 cm³/mol. The third kappa shape index (κ3) is 5.13. The highest BCUT2D eigenvalue weighted by Crippen LogP contribution is 2.33. The fourth-order valence-corrected chi connectivity index (χ4v) is 4.49. The number of nitrogens with two attached hydrogens (primary N) is 1. The topological polar surface area (TPSA) is 137 Å². The predicted octanol–water partition coefficient (Wildman–Crippen LogP) is 2.50. The maximum Gasteiger partial charge on any atom is 0.254 e. The van der Waals surface area contributed by atoms with Gasteiger partial charge in [-0.25, -0.2) is 4.98 Å². The molecular weight excluding hydrogens is 436 g/mol. The number of fused-ring (bicyclic) bond motifs is 1. The standard InChI is InChI=1S/C25H28N4O5/c1-14(34-25-20(23(27)30)11-18-13-33-6-5-21(18)29-25)7-15-8-19(9-15)28-24(31)16-3-4-22(32-2)17(10-16)12-26/h3-4,10-11,14-15,19H,5-9,13H2,1-2H3,(H2,27,30)(H,28,31)/t14-,15?,19?/m0/s1. The Morgan fingerprint density at radius 2 is 2.15 bits per heavy atom. The summed E-state index contributed by atoms with van der Waals surface area (Å²) in [5.41, 5.74) is 8.32. The number of primary amides is 1. The lowest BCUT2D eigenvalue weighted by Crippen LogP contribution is -2.45. The number of carbonyl (C=O) groups is 2. The highest BCUT2D eigenvalue weighted by Gasteiger charge is 2.32. The van der Waals surface area contributed by atoms with Crippen molar-refractivity contribution < 1.29 is 23.8 Å². The van der Waals surface area contributed by atoms with Gasteiger partial charge in [-0.2, -0.15) is 5.26 Å². The number of aromatic nitrogens is 1. The number of rotatable bonds is 8. The minimum Gasteiger partial charge on any atom is -0.495 e. The van der Waals surface area contributed by atoms with Crippen LogP contribution in [0.3, 0.4) is 0 Å². The zero-order chi connectivity index (χ0) is 24.2. The van der Waals surface area contributed by atoms with Crippen LogP contribution in [0.1, 0.15) is 63.7 Å². The number of nitrogens with zero attached hydrogens (tertiary/aromatic N) is 2. The molecule has 2 aliphatic rings. The Morgan fingerprint density at radius 3 is 2.85 bits per heavy atom. The number of ether oxygens (including phenoxy) is 3. The van der Waals surface area contributed by atoms with Gasteiger partial charge < -0.3 is 25.3 Å². The second-order valence-corrected chi connectivity index (χ2v) is 8.81. The second-order valence-electron chi connectivity index (χ2n) is 8.81. The number of carbonyl (C=O) groups excluding carboxylic acids is 2. The summed E-state index contributed by atoms with van der Waals surface area (Å²) < 4.78 is 16.6. The van der Waals surface area contributed by atoms with E-state index in [4.69, 9.17) is 19.9 Å². The summed E-state index contributed by atoms with van der Waals surface area (Å²) in [6.07, 6.45) is 2.95. The van der Waals surface area contributed by atoms with E-state index < -0.39 is 5.91 Å². The number of amides is 2. The quantitative estimate of drug-likeness (QED) is 0.612. The van der Waals surface area contributed by atoms with Crippen LogP contribution in [-0.2, 0) is 17.8 Å². The molecule has 1 atom stereocenters. The smallest absolute Gasteiger partial charge is 0.254 e. The van der Waals surface area contributed by atoms with E-state index in [1.165, 1.54) is 13.2 Å². The van der Waals surface area contributed by atoms with Gasteiger partial charge >= 0.3 is 0 Å². The van der Waals surface area contributed by atoms with Crippen molar-refractivity contribution in [2.75, 3.05) is 13.7 Å². The van der Waals surface area contributed by atoms with E-state index in [-0.39, 0.29) is 29.5 Å². The summed E-state index contributed by atoms with van der Waals surface area (Å²) in [4.78, 5) is 29.0. The van der Waals surface area contributed by atoms with Crippen LogP contribution in [0.25, 0.3) is 0 Å². The first kappa shape index (κ1) is 23.5. The molecule has 2 amide bonds. The fraction of sp³-hybridized carbons (Fsp3) is 0.440. The maximum atomic E-state index is 12.6. The molecule has 1 aliphatic carbocycles. The van der Waals surface area contributed by atoms with E-state index in [1.807, 2.05) is 13.0 Å². The van der Waals surface area contributed by atoms with Gasteiger partial charge in [-0.15, -0.1) is 0 Å². The van der Waals surface area contributed by atoms with E-state index in [1.54, 1.807) is 18.2 Å². The third-order valence-corrected chi connectivity index (χ3v) is 6.29. The summed E-state index contributed by atoms with van der Waals surface area (Å²) >= 11 is 0. The Bertz CT molecular complexity index is 1140. The first-order chi connectivity index (χ1) is 16.4. The molecule has 0 unspecified atom stereocenters. The van der Waals surface area contributed by atoms with Crippen LogP contribution < -0.4 is 20.5 Å². The van der Waals surface area contributed by atoms with E-state index >= 15 is 0 Å². The van der Waals surface area contributed by atoms with Gasteiger partial charge in [0.05, 0.1) is 37.7 Å². The monoisotopic (exact) mass is 464 g/mol. The van der Waals surface area contributed by atoms with Crippen molar-refractivity contribution in [3.8, 4) is 17.7 Å². The van der Waals surface area contributed by atoms with Gasteiger partial charge in [-0.1, -0.05) is 0 Å². The Morgan fingerprint density at radius 1 is 1.35 bits per heavy atom. The summed E-state index contributed by atoms with van der Waals surface area (Å²) in [5.74, 6) is 0.317. The highest BCUT2D eigenvalue weighted by atomic mass is 16.5. The molecule has 1 aromatic carbocycles. The Balaban J connectivity index is 1.30. The van der Waals surface area contributed by atoms with Crippen molar-refractivity contribution in [3.05, 3.63) is 52.2 Å². The number of hydrogen-bond acceptors (Lipinski definition) is 7. The van der Waals surface area contributed by atoms with E-state index in [9.17, 15) is 14.9 Å². The van der Waals surface area contributed by atoms with Crippen LogP contribution >= 0.6 is 0 Å². The van der Waals surface area contributed by atoms with E-state index in [0.29, 0.717) is 42.4 Å². The molecule has 0 spiro atoms. The van der Waals surface area contributed by atoms with Crippen molar-refractivity contribution in [1.82, 2.24) is 10.3 Å². The van der Waals surface area contributed by atoms with Crippen LogP contribution in [-0.4, -0.2) is 42.7 Å². The molecule has 34 heavy (non-hydrogen) atoms. The molecule has 0 radical (unpaired) electrons. The molecule has 1 aromatic heterocycles. The lowest BCUT2D eigenvalue weighted by molar-refractivity contribution is 0.0845. The molecule has 4 rings (SSSR count). The number of nitrogens with one attached hydrogen (secondary N) is 1. The average Bonchev–Trinajstić information content (AvgIpc) is 2.81. The molecule has 2 aromatic rings. The number of nitriles is 1. The lowest BCUT2D eigenvalue weighted by atomic mass is 9.77. The van der Waals surface area contributed by atoms with Gasteiger partial charge in [0.1, 0.15) is 17.4 Å². The fourth-order valence-electron chi connectivity index (χ4n) is 4.49. The Hall–Kier alpha value is -3.64. The van der Waals surface area contributed by atoms with Crippen LogP contribution in [0, 0.1) is 17.2 Å². The van der Waals surface area contributed by atoms with Crippen LogP contribution in [0.15, 0.2) is 24.3 Å². The number of benzene rings is 1. The van der Waals surface area contributed by atoms with Crippen molar-refractivity contribution >= 4 is 11.8 Å². The largest absolute Gasteiger partial charge is 0.495 e. The molecule has 9 heteroatoms. The van der Waals surface area contributed by atoms with E-state index in [0.717, 1.165) is 30.5 Å². The first-order valence-electron chi connectivity index (χ1n) is 11.3. The molecule has 2 heterocycles. The molecule has 1 saturated carbocycles. The normalized spacial score (nSPS) is 19.7. The molecule has 178 valence electrons. The van der Waals surface area contributed by atoms with Gasteiger partial charge in [0, 0.05) is 23.6 Å². The molecule has 0 saturated heterocycles. The number of hydrogen-bond donors (Lipinski definition) is 2. The summed E-state index contributed by atoms with van der Waals surface area (Å²) in [6.45, 7) is 2.96. The minimum atomic E-state index is -0.576. The molecule has 3 N–H and O–H groups in total. The van der Waals surface area contributed by atoms with Crippen LogP contribution in [0.4, 0.5) is 0 Å². The van der Waals surface area contributed by atoms with Crippen molar-refractivity contribution in [2.24, 2.45) is 11.7 Å². The zero-order valence-electron chi connectivity index (χ0n) is 19.3. The zero-order valence-corrected chi connectivity index (χ0v) is 19.3. The van der Waals surface area contributed by atoms with E-state index in [2.05, 4.69) is 10.3 Å². The lowest BCUT2D eigenvalue weighted by Gasteiger charge is -2.37. The molecule has 1 fully saturated rings. The maximum absolute atomic E-state index is 12.6. The SMILES string of the molecule is COc1ccc(C(=O)NC2CC(C[C@H](C)Oc3nc4c(cc3C(N)=O)COCC4)C2)cc1C#N. The summed E-state index contributed by atoms with van der Waals surface area (Å²) in [7, 11) is 1.49.